The Hall–Kier alpha value is -2.57. The van der Waals surface area contributed by atoms with E-state index in [1.807, 2.05) is 42.5 Å². The zero-order valence-electron chi connectivity index (χ0n) is 16.9. The van der Waals surface area contributed by atoms with Crippen molar-refractivity contribution in [2.45, 2.75) is 0 Å². The highest BCUT2D eigenvalue weighted by Gasteiger charge is 2.17. The molecule has 1 amide bonds. The van der Waals surface area contributed by atoms with E-state index in [0.29, 0.717) is 23.4 Å². The molecule has 3 aromatic rings. The average molecular weight is 468 g/mol. The number of ether oxygens (including phenoxy) is 1. The summed E-state index contributed by atoms with van der Waals surface area (Å²) in [7, 11) is 0. The van der Waals surface area contributed by atoms with E-state index in [4.69, 9.17) is 4.74 Å². The van der Waals surface area contributed by atoms with Crippen molar-refractivity contribution in [3.05, 3.63) is 72.3 Å². The molecule has 3 aromatic carbocycles. The Labute approximate surface area is 185 Å². The molecule has 1 fully saturated rings. The van der Waals surface area contributed by atoms with Crippen LogP contribution in [0.3, 0.4) is 0 Å². The maximum absolute atomic E-state index is 12.7. The summed E-state index contributed by atoms with van der Waals surface area (Å²) < 4.78 is 5.68. The summed E-state index contributed by atoms with van der Waals surface area (Å²) in [5.74, 6) is 0.648. The lowest BCUT2D eigenvalue weighted by molar-refractivity contribution is 0.0947. The predicted octanol–water partition coefficient (Wildman–Crippen LogP) is 4.12. The topological polar surface area (TPSA) is 44.8 Å². The molecular weight excluding hydrogens is 442 g/mol. The van der Waals surface area contributed by atoms with Crippen LogP contribution in [0, 0.1) is 0 Å². The highest BCUT2D eigenvalue weighted by Crippen LogP contribution is 2.28. The fourth-order valence-electron chi connectivity index (χ4n) is 3.88. The minimum atomic E-state index is -0.0666. The molecule has 0 atom stereocenters. The van der Waals surface area contributed by atoms with Gasteiger partial charge in [0, 0.05) is 55.9 Å². The standard InChI is InChI=1S/C24H26BrN3O2/c25-18-30-23-17-20(16-19-6-4-5-9-22(19)23)24(29)26-10-11-27-12-14-28(15-13-27)21-7-2-1-3-8-21/h1-9,16-17H,10-15,18H2,(H,26,29). The van der Waals surface area contributed by atoms with E-state index in [0.717, 1.165) is 43.5 Å². The molecular formula is C24H26BrN3O2. The van der Waals surface area contributed by atoms with Gasteiger partial charge in [0.05, 0.1) is 0 Å². The number of para-hydroxylation sites is 1. The molecule has 1 aliphatic heterocycles. The fraction of sp³-hybridized carbons (Fsp3) is 0.292. The van der Waals surface area contributed by atoms with Crippen molar-refractivity contribution < 1.29 is 9.53 Å². The molecule has 1 saturated heterocycles. The van der Waals surface area contributed by atoms with Gasteiger partial charge in [-0.2, -0.15) is 0 Å². The van der Waals surface area contributed by atoms with Crippen molar-refractivity contribution in [2.24, 2.45) is 0 Å². The molecule has 0 aromatic heterocycles. The summed E-state index contributed by atoms with van der Waals surface area (Å²) >= 11 is 3.31. The normalized spacial score (nSPS) is 14.6. The molecule has 0 saturated carbocycles. The molecule has 0 unspecified atom stereocenters. The number of nitrogens with zero attached hydrogens (tertiary/aromatic N) is 2. The number of nitrogens with one attached hydrogen (secondary N) is 1. The second-order valence-electron chi connectivity index (χ2n) is 7.37. The van der Waals surface area contributed by atoms with Crippen LogP contribution < -0.4 is 15.0 Å². The van der Waals surface area contributed by atoms with Gasteiger partial charge in [0.15, 0.2) is 0 Å². The van der Waals surface area contributed by atoms with Crippen LogP contribution in [0.1, 0.15) is 10.4 Å². The van der Waals surface area contributed by atoms with Gasteiger partial charge in [-0.3, -0.25) is 9.69 Å². The molecule has 30 heavy (non-hydrogen) atoms. The van der Waals surface area contributed by atoms with E-state index in [-0.39, 0.29) is 5.91 Å². The highest BCUT2D eigenvalue weighted by molar-refractivity contribution is 9.09. The number of piperazine rings is 1. The lowest BCUT2D eigenvalue weighted by Crippen LogP contribution is -2.48. The molecule has 0 radical (unpaired) electrons. The first-order chi connectivity index (χ1) is 14.7. The number of carbonyl (C=O) groups excluding carboxylic acids is 1. The number of anilines is 1. The Morgan fingerprint density at radius 1 is 0.967 bits per heavy atom. The summed E-state index contributed by atoms with van der Waals surface area (Å²) in [5, 5.41) is 5.06. The van der Waals surface area contributed by atoms with E-state index in [1.165, 1.54) is 5.69 Å². The minimum Gasteiger partial charge on any atom is -0.482 e. The van der Waals surface area contributed by atoms with Crippen LogP contribution in [0.4, 0.5) is 5.69 Å². The lowest BCUT2D eigenvalue weighted by Gasteiger charge is -2.36. The molecule has 5 nitrogen and oxygen atoms in total. The highest BCUT2D eigenvalue weighted by atomic mass is 79.9. The van der Waals surface area contributed by atoms with E-state index in [1.54, 1.807) is 0 Å². The number of alkyl halides is 1. The van der Waals surface area contributed by atoms with Crippen molar-refractivity contribution in [3.63, 3.8) is 0 Å². The number of hydrogen-bond donors (Lipinski definition) is 1. The van der Waals surface area contributed by atoms with Crippen molar-refractivity contribution in [1.29, 1.82) is 0 Å². The smallest absolute Gasteiger partial charge is 0.251 e. The van der Waals surface area contributed by atoms with Gasteiger partial charge in [0.25, 0.3) is 5.91 Å². The number of fused-ring (bicyclic) bond motifs is 1. The largest absolute Gasteiger partial charge is 0.482 e. The predicted molar refractivity (Wildman–Crippen MR) is 126 cm³/mol. The first kappa shape index (κ1) is 20.7. The maximum Gasteiger partial charge on any atom is 0.251 e. The van der Waals surface area contributed by atoms with Gasteiger partial charge in [-0.05, 0) is 45.6 Å². The van der Waals surface area contributed by atoms with Gasteiger partial charge in [-0.25, -0.2) is 0 Å². The van der Waals surface area contributed by atoms with Crippen molar-refractivity contribution in [2.75, 3.05) is 49.7 Å². The quantitative estimate of drug-likeness (QED) is 0.530. The second kappa shape index (κ2) is 9.96. The second-order valence-corrected chi connectivity index (χ2v) is 7.83. The third-order valence-electron chi connectivity index (χ3n) is 5.50. The number of carbonyl (C=O) groups is 1. The molecule has 4 rings (SSSR count). The van der Waals surface area contributed by atoms with Crippen LogP contribution in [0.25, 0.3) is 10.8 Å². The molecule has 6 heteroatoms. The first-order valence-corrected chi connectivity index (χ1v) is 11.4. The summed E-state index contributed by atoms with van der Waals surface area (Å²) in [6.07, 6.45) is 0. The summed E-state index contributed by atoms with van der Waals surface area (Å²) in [6.45, 7) is 5.51. The Morgan fingerprint density at radius 2 is 1.70 bits per heavy atom. The molecule has 1 N–H and O–H groups in total. The minimum absolute atomic E-state index is 0.0666. The number of rotatable bonds is 7. The Kier molecular flexibility index (Phi) is 6.87. The summed E-state index contributed by atoms with van der Waals surface area (Å²) in [6, 6.07) is 22.2. The summed E-state index contributed by atoms with van der Waals surface area (Å²) in [5.41, 5.74) is 2.29. The third kappa shape index (κ3) is 4.94. The monoisotopic (exact) mass is 467 g/mol. The van der Waals surface area contributed by atoms with E-state index < -0.39 is 0 Å². The Bertz CT molecular complexity index is 988. The Morgan fingerprint density at radius 3 is 2.47 bits per heavy atom. The number of hydrogen-bond acceptors (Lipinski definition) is 4. The van der Waals surface area contributed by atoms with Gasteiger partial charge < -0.3 is 15.0 Å². The van der Waals surface area contributed by atoms with E-state index in [2.05, 4.69) is 55.3 Å². The summed E-state index contributed by atoms with van der Waals surface area (Å²) in [4.78, 5) is 17.5. The van der Waals surface area contributed by atoms with Gasteiger partial charge in [-0.1, -0.05) is 42.5 Å². The van der Waals surface area contributed by atoms with Crippen molar-refractivity contribution >= 4 is 38.3 Å². The van der Waals surface area contributed by atoms with Gasteiger partial charge in [0.2, 0.25) is 0 Å². The maximum atomic E-state index is 12.7. The molecule has 0 bridgehead atoms. The average Bonchev–Trinajstić information content (AvgIpc) is 2.80. The van der Waals surface area contributed by atoms with E-state index >= 15 is 0 Å². The van der Waals surface area contributed by atoms with Gasteiger partial charge >= 0.3 is 0 Å². The van der Waals surface area contributed by atoms with Crippen LogP contribution in [-0.2, 0) is 0 Å². The molecule has 1 heterocycles. The fourth-order valence-corrected chi connectivity index (χ4v) is 4.13. The van der Waals surface area contributed by atoms with Crippen molar-refractivity contribution in [3.8, 4) is 5.75 Å². The van der Waals surface area contributed by atoms with E-state index in [9.17, 15) is 4.79 Å². The van der Waals surface area contributed by atoms with Crippen LogP contribution in [0.15, 0.2) is 66.7 Å². The zero-order valence-corrected chi connectivity index (χ0v) is 18.5. The van der Waals surface area contributed by atoms with Crippen LogP contribution in [0.5, 0.6) is 5.75 Å². The molecule has 1 aliphatic rings. The van der Waals surface area contributed by atoms with Crippen LogP contribution >= 0.6 is 15.9 Å². The number of halogens is 1. The van der Waals surface area contributed by atoms with Crippen molar-refractivity contribution in [1.82, 2.24) is 10.2 Å². The molecule has 0 spiro atoms. The number of amides is 1. The first-order valence-electron chi connectivity index (χ1n) is 10.3. The number of benzene rings is 3. The van der Waals surface area contributed by atoms with Crippen LogP contribution in [0.2, 0.25) is 0 Å². The molecule has 156 valence electrons. The lowest BCUT2D eigenvalue weighted by atomic mass is 10.1. The molecule has 0 aliphatic carbocycles. The zero-order chi connectivity index (χ0) is 20.8. The third-order valence-corrected chi connectivity index (χ3v) is 5.73. The van der Waals surface area contributed by atoms with Crippen LogP contribution in [-0.4, -0.2) is 55.6 Å². The van der Waals surface area contributed by atoms with Gasteiger partial charge in [-0.15, -0.1) is 0 Å². The SMILES string of the molecule is O=C(NCCN1CCN(c2ccccc2)CC1)c1cc(OCBr)c2ccccc2c1. The van der Waals surface area contributed by atoms with Gasteiger partial charge in [0.1, 0.15) is 11.3 Å². The Balaban J connectivity index is 1.30.